The Morgan fingerprint density at radius 1 is 1.03 bits per heavy atom. The van der Waals surface area contributed by atoms with E-state index >= 15 is 0 Å². The highest BCUT2D eigenvalue weighted by molar-refractivity contribution is 7.89. The van der Waals surface area contributed by atoms with E-state index < -0.39 is 16.3 Å². The Bertz CT molecular complexity index is 1250. The average Bonchev–Trinajstić information content (AvgIpc) is 2.89. The maximum Gasteiger partial charge on any atom is 0.274 e. The summed E-state index contributed by atoms with van der Waals surface area (Å²) in [4.78, 5) is 20.0. The van der Waals surface area contributed by atoms with Crippen molar-refractivity contribution in [3.05, 3.63) is 72.3 Å². The fraction of sp³-hybridized carbons (Fsp3) is 0.346. The highest BCUT2D eigenvalue weighted by atomic mass is 32.2. The summed E-state index contributed by atoms with van der Waals surface area (Å²) in [6, 6.07) is 20.1. The van der Waals surface area contributed by atoms with Crippen molar-refractivity contribution in [1.29, 1.82) is 0 Å². The van der Waals surface area contributed by atoms with Gasteiger partial charge in [-0.3, -0.25) is 4.79 Å². The number of carbonyl (C=O) groups is 1. The summed E-state index contributed by atoms with van der Waals surface area (Å²) in [5.41, 5.74) is 3.88. The van der Waals surface area contributed by atoms with Gasteiger partial charge in [-0.15, -0.1) is 0 Å². The minimum absolute atomic E-state index is 0.128. The predicted molar refractivity (Wildman–Crippen MR) is 136 cm³/mol. The van der Waals surface area contributed by atoms with Crippen LogP contribution in [-0.2, 0) is 19.6 Å². The number of methoxy groups -OCH3 is 1. The highest BCUT2D eigenvalue weighted by Gasteiger charge is 2.25. The second-order valence-electron chi connectivity index (χ2n) is 8.56. The highest BCUT2D eigenvalue weighted by Crippen LogP contribution is 2.23. The average molecular weight is 498 g/mol. The summed E-state index contributed by atoms with van der Waals surface area (Å²) in [6.07, 6.45) is 1.51. The molecule has 1 amide bonds. The predicted octanol–water partition coefficient (Wildman–Crippen LogP) is 3.83. The number of benzene rings is 3. The van der Waals surface area contributed by atoms with E-state index in [1.807, 2.05) is 49.4 Å². The molecule has 3 aromatic carbocycles. The summed E-state index contributed by atoms with van der Waals surface area (Å²) >= 11 is 0. The molecule has 4 rings (SSSR count). The number of anilines is 1. The van der Waals surface area contributed by atoms with Crippen molar-refractivity contribution in [2.45, 2.75) is 43.4 Å². The monoisotopic (exact) mass is 497 g/mol. The number of rotatable bonds is 9. The second kappa shape index (κ2) is 11.2. The van der Waals surface area contributed by atoms with Crippen LogP contribution < -0.4 is 15.1 Å². The van der Waals surface area contributed by atoms with Crippen LogP contribution in [0.3, 0.4) is 0 Å². The lowest BCUT2D eigenvalue weighted by Crippen LogP contribution is -2.44. The first-order valence-electron chi connectivity index (χ1n) is 11.7. The fourth-order valence-electron chi connectivity index (χ4n) is 4.18. The molecule has 0 bridgehead atoms. The van der Waals surface area contributed by atoms with Crippen LogP contribution in [0.15, 0.2) is 71.6 Å². The van der Waals surface area contributed by atoms with Gasteiger partial charge in [0.25, 0.3) is 5.91 Å². The van der Waals surface area contributed by atoms with Gasteiger partial charge in [0.1, 0.15) is 0 Å². The molecule has 0 aliphatic carbocycles. The Hall–Kier alpha value is -2.98. The molecular weight excluding hydrogens is 466 g/mol. The third-order valence-corrected chi connectivity index (χ3v) is 7.74. The Labute approximate surface area is 206 Å². The zero-order chi connectivity index (χ0) is 24.8. The standard InChI is InChI=1S/C26H31N3O5S/c1-3-25(33-2)34-27-26(30)20-8-11-23(12-9-20)29-16-14-22(15-17-29)28-35(31,32)24-13-10-19-6-4-5-7-21(19)18-24/h4-13,18,22,25,28H,3,14-17H2,1-2H3,(H,27,30). The molecule has 1 fully saturated rings. The number of amides is 1. The number of hydrogen-bond acceptors (Lipinski definition) is 6. The minimum Gasteiger partial charge on any atom is -0.371 e. The van der Waals surface area contributed by atoms with Crippen LogP contribution in [0.1, 0.15) is 36.5 Å². The number of hydroxylamine groups is 1. The second-order valence-corrected chi connectivity index (χ2v) is 10.3. The van der Waals surface area contributed by atoms with Crippen LogP contribution in [0.2, 0.25) is 0 Å². The summed E-state index contributed by atoms with van der Waals surface area (Å²) in [7, 11) is -2.08. The van der Waals surface area contributed by atoms with Gasteiger partial charge in [0, 0.05) is 37.5 Å². The molecule has 8 nitrogen and oxygen atoms in total. The van der Waals surface area contributed by atoms with E-state index in [9.17, 15) is 13.2 Å². The molecule has 3 aromatic rings. The first-order chi connectivity index (χ1) is 16.9. The van der Waals surface area contributed by atoms with Gasteiger partial charge >= 0.3 is 0 Å². The number of nitrogens with zero attached hydrogens (tertiary/aromatic N) is 1. The van der Waals surface area contributed by atoms with Crippen LogP contribution >= 0.6 is 0 Å². The molecule has 1 atom stereocenters. The molecular formula is C26H31N3O5S. The maximum atomic E-state index is 13.0. The molecule has 1 saturated heterocycles. The fourth-order valence-corrected chi connectivity index (χ4v) is 5.52. The van der Waals surface area contributed by atoms with Gasteiger partial charge in [-0.25, -0.2) is 23.5 Å². The molecule has 35 heavy (non-hydrogen) atoms. The van der Waals surface area contributed by atoms with E-state index in [0.717, 1.165) is 16.5 Å². The van der Waals surface area contributed by atoms with Crippen LogP contribution in [-0.4, -0.2) is 46.9 Å². The Balaban J connectivity index is 1.31. The van der Waals surface area contributed by atoms with Gasteiger partial charge in [0.05, 0.1) is 4.90 Å². The van der Waals surface area contributed by atoms with Crippen molar-refractivity contribution in [3.8, 4) is 0 Å². The molecule has 1 heterocycles. The Morgan fingerprint density at radius 3 is 2.37 bits per heavy atom. The molecule has 0 aromatic heterocycles. The first kappa shape index (κ1) is 25.1. The van der Waals surface area contributed by atoms with E-state index in [1.54, 1.807) is 24.3 Å². The van der Waals surface area contributed by atoms with Gasteiger partial charge < -0.3 is 9.64 Å². The van der Waals surface area contributed by atoms with Crippen LogP contribution in [0.4, 0.5) is 5.69 Å². The number of hydrogen-bond donors (Lipinski definition) is 2. The molecule has 186 valence electrons. The van der Waals surface area contributed by atoms with Crippen LogP contribution in [0.25, 0.3) is 10.8 Å². The number of nitrogens with one attached hydrogen (secondary N) is 2. The molecule has 0 saturated carbocycles. The third kappa shape index (κ3) is 6.18. The largest absolute Gasteiger partial charge is 0.371 e. The SMILES string of the molecule is CCC(OC)ONC(=O)c1ccc(N2CCC(NS(=O)(=O)c3ccc4ccccc4c3)CC2)cc1. The first-order valence-corrected chi connectivity index (χ1v) is 13.2. The Morgan fingerprint density at radius 2 is 1.71 bits per heavy atom. The van der Waals surface area contributed by atoms with Crippen molar-refractivity contribution < 1.29 is 22.8 Å². The number of fused-ring (bicyclic) bond motifs is 1. The van der Waals surface area contributed by atoms with Crippen LogP contribution in [0.5, 0.6) is 0 Å². The van der Waals surface area contributed by atoms with Gasteiger partial charge in [-0.05, 0) is 66.4 Å². The van der Waals surface area contributed by atoms with Gasteiger partial charge in [0.15, 0.2) is 6.29 Å². The van der Waals surface area contributed by atoms with Crippen molar-refractivity contribution in [1.82, 2.24) is 10.2 Å². The molecule has 9 heteroatoms. The molecule has 1 unspecified atom stereocenters. The zero-order valence-electron chi connectivity index (χ0n) is 19.9. The molecule has 1 aliphatic rings. The van der Waals surface area contributed by atoms with E-state index in [1.165, 1.54) is 7.11 Å². The number of carbonyl (C=O) groups excluding carboxylic acids is 1. The number of ether oxygens (including phenoxy) is 1. The quantitative estimate of drug-likeness (QED) is 0.345. The molecule has 2 N–H and O–H groups in total. The van der Waals surface area contributed by atoms with E-state index in [-0.39, 0.29) is 16.8 Å². The van der Waals surface area contributed by atoms with Crippen molar-refractivity contribution in [2.24, 2.45) is 0 Å². The number of piperidine rings is 1. The van der Waals surface area contributed by atoms with Crippen molar-refractivity contribution in [3.63, 3.8) is 0 Å². The van der Waals surface area contributed by atoms with Gasteiger partial charge in [0.2, 0.25) is 10.0 Å². The third-order valence-electron chi connectivity index (χ3n) is 6.22. The summed E-state index contributed by atoms with van der Waals surface area (Å²) < 4.78 is 33.9. The molecule has 0 radical (unpaired) electrons. The topological polar surface area (TPSA) is 97.0 Å². The van der Waals surface area contributed by atoms with Gasteiger partial charge in [-0.2, -0.15) is 0 Å². The van der Waals surface area contributed by atoms with E-state index in [0.29, 0.717) is 37.9 Å². The van der Waals surface area contributed by atoms with Crippen molar-refractivity contribution in [2.75, 3.05) is 25.1 Å². The van der Waals surface area contributed by atoms with E-state index in [2.05, 4.69) is 15.1 Å². The minimum atomic E-state index is -3.60. The Kier molecular flexibility index (Phi) is 8.02. The zero-order valence-corrected chi connectivity index (χ0v) is 20.8. The normalized spacial score (nSPS) is 15.8. The van der Waals surface area contributed by atoms with Gasteiger partial charge in [-0.1, -0.05) is 37.3 Å². The van der Waals surface area contributed by atoms with Crippen LogP contribution in [0, 0.1) is 0 Å². The van der Waals surface area contributed by atoms with Crippen molar-refractivity contribution >= 4 is 32.4 Å². The lowest BCUT2D eigenvalue weighted by molar-refractivity contribution is -0.154. The number of sulfonamides is 1. The molecule has 1 aliphatic heterocycles. The smallest absolute Gasteiger partial charge is 0.274 e. The molecule has 0 spiro atoms. The summed E-state index contributed by atoms with van der Waals surface area (Å²) in [5.74, 6) is -0.339. The maximum absolute atomic E-state index is 13.0. The lowest BCUT2D eigenvalue weighted by atomic mass is 10.0. The lowest BCUT2D eigenvalue weighted by Gasteiger charge is -2.34. The summed E-state index contributed by atoms with van der Waals surface area (Å²) in [5, 5.41) is 1.91. The van der Waals surface area contributed by atoms with E-state index in [4.69, 9.17) is 9.57 Å². The summed E-state index contributed by atoms with van der Waals surface area (Å²) in [6.45, 7) is 3.32.